The molecule has 0 aliphatic carbocycles. The number of hydrogen-bond donors (Lipinski definition) is 2. The van der Waals surface area contributed by atoms with Crippen molar-refractivity contribution in [2.24, 2.45) is 0 Å². The molecular formula is C27H33Cl2F3N2O5S. The highest BCUT2D eigenvalue weighted by atomic mass is 35.5. The lowest BCUT2D eigenvalue weighted by Gasteiger charge is -2.19. The third-order valence-corrected chi connectivity index (χ3v) is 8.05. The lowest BCUT2D eigenvalue weighted by molar-refractivity contribution is -0.155. The second kappa shape index (κ2) is 14.0. The van der Waals surface area contributed by atoms with Gasteiger partial charge in [-0.25, -0.2) is 8.42 Å². The Balaban J connectivity index is 2.10. The van der Waals surface area contributed by atoms with Crippen molar-refractivity contribution < 1.29 is 35.9 Å². The molecule has 0 atom stereocenters. The maximum Gasteiger partial charge on any atom is 0.416 e. The average Bonchev–Trinajstić information content (AvgIpc) is 2.83. The van der Waals surface area contributed by atoms with E-state index in [0.29, 0.717) is 25.5 Å². The highest BCUT2D eigenvalue weighted by Gasteiger charge is 2.35. The number of carbonyl (C=O) groups is 2. The van der Waals surface area contributed by atoms with Crippen LogP contribution in [-0.2, 0) is 38.6 Å². The maximum atomic E-state index is 13.9. The monoisotopic (exact) mass is 624 g/mol. The van der Waals surface area contributed by atoms with Crippen LogP contribution in [0.15, 0.2) is 35.2 Å². The summed E-state index contributed by atoms with van der Waals surface area (Å²) >= 11 is 12.2. The van der Waals surface area contributed by atoms with Gasteiger partial charge in [-0.15, -0.1) is 0 Å². The van der Waals surface area contributed by atoms with Gasteiger partial charge in [-0.05, 0) is 81.6 Å². The van der Waals surface area contributed by atoms with E-state index in [1.807, 2.05) is 0 Å². The number of rotatable bonds is 12. The molecule has 0 bridgehead atoms. The summed E-state index contributed by atoms with van der Waals surface area (Å²) in [6, 6.07) is 5.94. The molecule has 13 heteroatoms. The largest absolute Gasteiger partial charge is 0.460 e. The van der Waals surface area contributed by atoms with Gasteiger partial charge >= 0.3 is 12.1 Å². The third-order valence-electron chi connectivity index (χ3n) is 5.65. The molecule has 0 heterocycles. The van der Waals surface area contributed by atoms with E-state index >= 15 is 0 Å². The molecule has 0 unspecified atom stereocenters. The quantitative estimate of drug-likeness (QED) is 0.211. The minimum Gasteiger partial charge on any atom is -0.460 e. The van der Waals surface area contributed by atoms with Gasteiger partial charge in [0.2, 0.25) is 0 Å². The van der Waals surface area contributed by atoms with Crippen LogP contribution in [0.2, 0.25) is 10.0 Å². The molecule has 0 saturated heterocycles. The molecule has 0 fully saturated rings. The molecule has 0 radical (unpaired) electrons. The van der Waals surface area contributed by atoms with Crippen molar-refractivity contribution >= 4 is 44.9 Å². The summed E-state index contributed by atoms with van der Waals surface area (Å²) in [5.41, 5.74) is -2.00. The van der Waals surface area contributed by atoms with Gasteiger partial charge < -0.3 is 15.4 Å². The Morgan fingerprint density at radius 1 is 1.00 bits per heavy atom. The molecule has 0 saturated carbocycles. The van der Waals surface area contributed by atoms with Gasteiger partial charge in [0.15, 0.2) is 9.84 Å². The van der Waals surface area contributed by atoms with E-state index in [2.05, 4.69) is 10.6 Å². The van der Waals surface area contributed by atoms with Crippen LogP contribution in [0.5, 0.6) is 0 Å². The SMILES string of the molecule is CCS(=O)(=O)c1ccc(Cl)cc1CNC(=O)c1cc(Cl)c(CNCCCCC(=O)OC(C)(C)C)c(C(F)(F)F)c1. The van der Waals surface area contributed by atoms with Gasteiger partial charge in [0.1, 0.15) is 5.60 Å². The van der Waals surface area contributed by atoms with Crippen LogP contribution in [-0.4, -0.2) is 38.2 Å². The van der Waals surface area contributed by atoms with Crippen LogP contribution in [0.4, 0.5) is 13.2 Å². The number of benzene rings is 2. The number of ether oxygens (including phenoxy) is 1. The maximum absolute atomic E-state index is 13.9. The Labute approximate surface area is 242 Å². The normalized spacial score (nSPS) is 12.3. The number of alkyl halides is 3. The lowest BCUT2D eigenvalue weighted by Crippen LogP contribution is -2.26. The standard InChI is InChI=1S/C27H33Cl2F3N2O5S/c1-5-40(37,38)23-10-9-19(28)12-18(23)15-34-25(36)17-13-21(27(30,31)32)20(22(29)14-17)16-33-11-7-6-8-24(35)39-26(2,3)4/h9-10,12-14,33H,5-8,11,15-16H2,1-4H3,(H,34,36). The van der Waals surface area contributed by atoms with Gasteiger partial charge in [0, 0.05) is 35.1 Å². The molecule has 7 nitrogen and oxygen atoms in total. The molecule has 2 rings (SSSR count). The Kier molecular flexibility index (Phi) is 11.9. The van der Waals surface area contributed by atoms with E-state index in [0.717, 1.165) is 6.07 Å². The first kappa shape index (κ1) is 33.9. The predicted octanol–water partition coefficient (Wildman–Crippen LogP) is 6.34. The summed E-state index contributed by atoms with van der Waals surface area (Å²) in [5, 5.41) is 5.34. The van der Waals surface area contributed by atoms with E-state index in [-0.39, 0.29) is 62.9 Å². The van der Waals surface area contributed by atoms with E-state index < -0.39 is 33.1 Å². The first-order valence-corrected chi connectivity index (χ1v) is 15.0. The summed E-state index contributed by atoms with van der Waals surface area (Å²) in [7, 11) is -3.63. The molecule has 0 aliphatic heterocycles. The summed E-state index contributed by atoms with van der Waals surface area (Å²) in [6.07, 6.45) is -3.58. The molecule has 0 spiro atoms. The Morgan fingerprint density at radius 2 is 1.68 bits per heavy atom. The molecule has 2 N–H and O–H groups in total. The van der Waals surface area contributed by atoms with Crippen LogP contribution in [0.3, 0.4) is 0 Å². The lowest BCUT2D eigenvalue weighted by atomic mass is 10.0. The Bertz CT molecular complexity index is 1330. The zero-order chi connectivity index (χ0) is 30.3. The van der Waals surface area contributed by atoms with Crippen LogP contribution in [0, 0.1) is 0 Å². The minimum atomic E-state index is -4.79. The fourth-order valence-corrected chi connectivity index (χ4v) is 5.35. The molecular weight excluding hydrogens is 592 g/mol. The highest BCUT2D eigenvalue weighted by molar-refractivity contribution is 7.91. The number of nitrogens with one attached hydrogen (secondary N) is 2. The topological polar surface area (TPSA) is 102 Å². The fourth-order valence-electron chi connectivity index (χ4n) is 3.75. The van der Waals surface area contributed by atoms with Crippen LogP contribution < -0.4 is 10.6 Å². The third kappa shape index (κ3) is 10.2. The second-order valence-corrected chi connectivity index (χ2v) is 13.1. The van der Waals surface area contributed by atoms with E-state index in [9.17, 15) is 31.2 Å². The summed E-state index contributed by atoms with van der Waals surface area (Å²) < 4.78 is 71.7. The molecule has 40 heavy (non-hydrogen) atoms. The van der Waals surface area contributed by atoms with Crippen molar-refractivity contribution in [3.63, 3.8) is 0 Å². The first-order chi connectivity index (χ1) is 18.4. The number of amides is 1. The molecule has 222 valence electrons. The molecule has 0 aliphatic rings. The highest BCUT2D eigenvalue weighted by Crippen LogP contribution is 2.36. The predicted molar refractivity (Wildman–Crippen MR) is 148 cm³/mol. The van der Waals surface area contributed by atoms with E-state index in [4.69, 9.17) is 27.9 Å². The molecule has 0 aromatic heterocycles. The second-order valence-electron chi connectivity index (χ2n) is 10.0. The molecule has 2 aromatic rings. The Hall–Kier alpha value is -2.34. The molecule has 2 aromatic carbocycles. The zero-order valence-electron chi connectivity index (χ0n) is 22.7. The zero-order valence-corrected chi connectivity index (χ0v) is 25.0. The number of halogens is 5. The van der Waals surface area contributed by atoms with Gasteiger partial charge in [-0.2, -0.15) is 13.2 Å². The number of unbranched alkanes of at least 4 members (excludes halogenated alkanes) is 1. The van der Waals surface area contributed by atoms with Crippen LogP contribution >= 0.6 is 23.2 Å². The molecule has 1 amide bonds. The van der Waals surface area contributed by atoms with Crippen LogP contribution in [0.25, 0.3) is 0 Å². The number of carbonyl (C=O) groups excluding carboxylic acids is 2. The van der Waals surface area contributed by atoms with E-state index in [1.165, 1.54) is 25.1 Å². The number of esters is 1. The summed E-state index contributed by atoms with van der Waals surface area (Å²) in [5.74, 6) is -1.39. The van der Waals surface area contributed by atoms with Gasteiger partial charge in [0.05, 0.1) is 16.2 Å². The Morgan fingerprint density at radius 3 is 2.27 bits per heavy atom. The van der Waals surface area contributed by atoms with Gasteiger partial charge in [0.25, 0.3) is 5.91 Å². The van der Waals surface area contributed by atoms with Crippen molar-refractivity contribution in [2.75, 3.05) is 12.3 Å². The minimum absolute atomic E-state index is 0.0266. The fraction of sp³-hybridized carbons (Fsp3) is 0.481. The van der Waals surface area contributed by atoms with Crippen molar-refractivity contribution in [3.8, 4) is 0 Å². The number of hydrogen-bond acceptors (Lipinski definition) is 6. The van der Waals surface area contributed by atoms with Crippen molar-refractivity contribution in [3.05, 3.63) is 62.6 Å². The average molecular weight is 626 g/mol. The summed E-state index contributed by atoms with van der Waals surface area (Å²) in [4.78, 5) is 24.5. The van der Waals surface area contributed by atoms with Crippen molar-refractivity contribution in [1.29, 1.82) is 0 Å². The first-order valence-electron chi connectivity index (χ1n) is 12.6. The number of sulfone groups is 1. The van der Waals surface area contributed by atoms with E-state index in [1.54, 1.807) is 20.8 Å². The van der Waals surface area contributed by atoms with Gasteiger partial charge in [-0.3, -0.25) is 9.59 Å². The van der Waals surface area contributed by atoms with Crippen LogP contribution in [0.1, 0.15) is 74.0 Å². The van der Waals surface area contributed by atoms with Crippen molar-refractivity contribution in [1.82, 2.24) is 10.6 Å². The van der Waals surface area contributed by atoms with Crippen molar-refractivity contribution in [2.45, 2.75) is 76.7 Å². The smallest absolute Gasteiger partial charge is 0.416 e. The summed E-state index contributed by atoms with van der Waals surface area (Å²) in [6.45, 7) is 6.60. The van der Waals surface area contributed by atoms with Gasteiger partial charge in [-0.1, -0.05) is 30.1 Å².